The SMILES string of the molecule is CCCN(CC1CCCCN1)C(=O)C1CCOC1CC. The first-order valence-electron chi connectivity index (χ1n) is 8.40. The van der Waals surface area contributed by atoms with Gasteiger partial charge in [0, 0.05) is 25.7 Å². The normalized spacial score (nSPS) is 30.4. The van der Waals surface area contributed by atoms with Crippen LogP contribution in [0.4, 0.5) is 0 Å². The van der Waals surface area contributed by atoms with Gasteiger partial charge < -0.3 is 15.0 Å². The summed E-state index contributed by atoms with van der Waals surface area (Å²) in [6, 6.07) is 0.488. The summed E-state index contributed by atoms with van der Waals surface area (Å²) in [6.45, 7) is 7.86. The Morgan fingerprint density at radius 1 is 1.30 bits per heavy atom. The van der Waals surface area contributed by atoms with Gasteiger partial charge in [-0.1, -0.05) is 20.3 Å². The van der Waals surface area contributed by atoms with Crippen LogP contribution in [0.3, 0.4) is 0 Å². The predicted octanol–water partition coefficient (Wildman–Crippen LogP) is 2.18. The number of amides is 1. The first-order chi connectivity index (χ1) is 9.76. The fourth-order valence-electron chi connectivity index (χ4n) is 3.48. The van der Waals surface area contributed by atoms with Crippen molar-refractivity contribution in [2.45, 2.75) is 64.5 Å². The second-order valence-corrected chi connectivity index (χ2v) is 6.14. The summed E-state index contributed by atoms with van der Waals surface area (Å²) in [5.74, 6) is 0.415. The second kappa shape index (κ2) is 7.99. The molecule has 0 spiro atoms. The molecule has 116 valence electrons. The third-order valence-corrected chi connectivity index (χ3v) is 4.59. The van der Waals surface area contributed by atoms with E-state index in [1.165, 1.54) is 19.3 Å². The van der Waals surface area contributed by atoms with Crippen LogP contribution in [0.5, 0.6) is 0 Å². The first-order valence-corrected chi connectivity index (χ1v) is 8.40. The number of piperidine rings is 1. The van der Waals surface area contributed by atoms with Gasteiger partial charge >= 0.3 is 0 Å². The third-order valence-electron chi connectivity index (χ3n) is 4.59. The van der Waals surface area contributed by atoms with E-state index in [-0.39, 0.29) is 12.0 Å². The van der Waals surface area contributed by atoms with Gasteiger partial charge in [-0.25, -0.2) is 0 Å². The summed E-state index contributed by atoms with van der Waals surface area (Å²) < 4.78 is 5.69. The number of carbonyl (C=O) groups excluding carboxylic acids is 1. The zero-order valence-corrected chi connectivity index (χ0v) is 13.1. The zero-order valence-electron chi connectivity index (χ0n) is 13.1. The number of hydrogen-bond donors (Lipinski definition) is 1. The van der Waals surface area contributed by atoms with E-state index in [9.17, 15) is 4.79 Å². The molecule has 20 heavy (non-hydrogen) atoms. The fourth-order valence-corrected chi connectivity index (χ4v) is 3.48. The Morgan fingerprint density at radius 2 is 2.15 bits per heavy atom. The van der Waals surface area contributed by atoms with Crippen molar-refractivity contribution in [1.82, 2.24) is 10.2 Å². The highest BCUT2D eigenvalue weighted by atomic mass is 16.5. The Labute approximate surface area is 123 Å². The number of ether oxygens (including phenoxy) is 1. The lowest BCUT2D eigenvalue weighted by Crippen LogP contribution is -2.48. The maximum absolute atomic E-state index is 12.8. The molecule has 4 heteroatoms. The van der Waals surface area contributed by atoms with Crippen molar-refractivity contribution >= 4 is 5.91 Å². The van der Waals surface area contributed by atoms with Crippen molar-refractivity contribution in [3.05, 3.63) is 0 Å². The molecule has 1 amide bonds. The number of rotatable bonds is 6. The van der Waals surface area contributed by atoms with Crippen LogP contribution in [0.2, 0.25) is 0 Å². The van der Waals surface area contributed by atoms with Crippen LogP contribution in [0.15, 0.2) is 0 Å². The minimum absolute atomic E-state index is 0.0927. The van der Waals surface area contributed by atoms with Gasteiger partial charge in [-0.15, -0.1) is 0 Å². The molecule has 0 aromatic carbocycles. The van der Waals surface area contributed by atoms with Crippen molar-refractivity contribution in [2.75, 3.05) is 26.2 Å². The Kier molecular flexibility index (Phi) is 6.30. The molecule has 0 aromatic heterocycles. The average Bonchev–Trinajstić information content (AvgIpc) is 2.95. The minimum atomic E-state index is 0.0927. The number of hydrogen-bond acceptors (Lipinski definition) is 3. The molecular formula is C16H30N2O2. The molecule has 0 aliphatic carbocycles. The Morgan fingerprint density at radius 3 is 2.80 bits per heavy atom. The van der Waals surface area contributed by atoms with Gasteiger partial charge in [0.2, 0.25) is 5.91 Å². The van der Waals surface area contributed by atoms with Gasteiger partial charge in [-0.2, -0.15) is 0 Å². The minimum Gasteiger partial charge on any atom is -0.377 e. The topological polar surface area (TPSA) is 41.6 Å². The average molecular weight is 282 g/mol. The highest BCUT2D eigenvalue weighted by Gasteiger charge is 2.35. The number of carbonyl (C=O) groups is 1. The fraction of sp³-hybridized carbons (Fsp3) is 0.938. The largest absolute Gasteiger partial charge is 0.377 e. The van der Waals surface area contributed by atoms with Gasteiger partial charge in [0.05, 0.1) is 12.0 Å². The van der Waals surface area contributed by atoms with Crippen LogP contribution >= 0.6 is 0 Å². The molecule has 2 heterocycles. The molecular weight excluding hydrogens is 252 g/mol. The maximum Gasteiger partial charge on any atom is 0.228 e. The van der Waals surface area contributed by atoms with Crippen molar-refractivity contribution in [3.8, 4) is 0 Å². The second-order valence-electron chi connectivity index (χ2n) is 6.14. The Balaban J connectivity index is 1.93. The quantitative estimate of drug-likeness (QED) is 0.812. The summed E-state index contributed by atoms with van der Waals surface area (Å²) in [4.78, 5) is 14.9. The molecule has 2 saturated heterocycles. The van der Waals surface area contributed by atoms with Crippen molar-refractivity contribution in [3.63, 3.8) is 0 Å². The van der Waals surface area contributed by atoms with Crippen LogP contribution in [-0.4, -0.2) is 49.2 Å². The standard InChI is InChI=1S/C16H30N2O2/c1-3-10-18(12-13-7-5-6-9-17-13)16(19)14-8-11-20-15(14)4-2/h13-15,17H,3-12H2,1-2H3. The maximum atomic E-state index is 12.8. The van der Waals surface area contributed by atoms with Gasteiger partial charge in [0.25, 0.3) is 0 Å². The van der Waals surface area contributed by atoms with Crippen LogP contribution in [0, 0.1) is 5.92 Å². The van der Waals surface area contributed by atoms with E-state index >= 15 is 0 Å². The summed E-state index contributed by atoms with van der Waals surface area (Å²) in [5.41, 5.74) is 0. The molecule has 2 aliphatic heterocycles. The van der Waals surface area contributed by atoms with E-state index in [0.29, 0.717) is 11.9 Å². The van der Waals surface area contributed by atoms with E-state index in [1.807, 2.05) is 0 Å². The smallest absolute Gasteiger partial charge is 0.228 e. The Bertz CT molecular complexity index is 303. The van der Waals surface area contributed by atoms with Gasteiger partial charge in [-0.3, -0.25) is 4.79 Å². The highest BCUT2D eigenvalue weighted by molar-refractivity contribution is 5.79. The molecule has 0 bridgehead atoms. The molecule has 2 rings (SSSR count). The molecule has 0 radical (unpaired) electrons. The highest BCUT2D eigenvalue weighted by Crippen LogP contribution is 2.26. The molecule has 3 unspecified atom stereocenters. The van der Waals surface area contributed by atoms with E-state index in [0.717, 1.165) is 45.5 Å². The van der Waals surface area contributed by atoms with Crippen molar-refractivity contribution in [1.29, 1.82) is 0 Å². The molecule has 0 aromatic rings. The van der Waals surface area contributed by atoms with Gasteiger partial charge in [0.1, 0.15) is 0 Å². The van der Waals surface area contributed by atoms with Gasteiger partial charge in [-0.05, 0) is 38.6 Å². The van der Waals surface area contributed by atoms with E-state index in [1.54, 1.807) is 0 Å². The summed E-state index contributed by atoms with van der Waals surface area (Å²) in [7, 11) is 0. The van der Waals surface area contributed by atoms with E-state index in [2.05, 4.69) is 24.1 Å². The lowest BCUT2D eigenvalue weighted by molar-refractivity contribution is -0.137. The molecule has 2 fully saturated rings. The summed E-state index contributed by atoms with van der Waals surface area (Å²) in [5, 5.41) is 3.55. The Hall–Kier alpha value is -0.610. The zero-order chi connectivity index (χ0) is 14.4. The molecule has 0 saturated carbocycles. The summed E-state index contributed by atoms with van der Waals surface area (Å²) in [6.07, 6.45) is 6.77. The first kappa shape index (κ1) is 15.8. The third kappa shape index (κ3) is 3.95. The van der Waals surface area contributed by atoms with E-state index in [4.69, 9.17) is 4.74 Å². The molecule has 3 atom stereocenters. The van der Waals surface area contributed by atoms with Crippen molar-refractivity contribution < 1.29 is 9.53 Å². The lowest BCUT2D eigenvalue weighted by Gasteiger charge is -2.32. The van der Waals surface area contributed by atoms with E-state index < -0.39 is 0 Å². The predicted molar refractivity (Wildman–Crippen MR) is 80.7 cm³/mol. The molecule has 1 N–H and O–H groups in total. The van der Waals surface area contributed by atoms with Gasteiger partial charge in [0.15, 0.2) is 0 Å². The number of nitrogens with one attached hydrogen (secondary N) is 1. The molecule has 2 aliphatic rings. The van der Waals surface area contributed by atoms with Crippen LogP contribution in [0.25, 0.3) is 0 Å². The van der Waals surface area contributed by atoms with Crippen LogP contribution in [-0.2, 0) is 9.53 Å². The van der Waals surface area contributed by atoms with Crippen LogP contribution < -0.4 is 5.32 Å². The summed E-state index contributed by atoms with van der Waals surface area (Å²) >= 11 is 0. The lowest BCUT2D eigenvalue weighted by atomic mass is 9.97. The number of nitrogens with zero attached hydrogens (tertiary/aromatic N) is 1. The molecule has 4 nitrogen and oxygen atoms in total. The van der Waals surface area contributed by atoms with Crippen LogP contribution in [0.1, 0.15) is 52.4 Å². The van der Waals surface area contributed by atoms with Crippen molar-refractivity contribution in [2.24, 2.45) is 5.92 Å². The monoisotopic (exact) mass is 282 g/mol.